The van der Waals surface area contributed by atoms with E-state index in [1.165, 1.54) is 13.2 Å². The first-order chi connectivity index (χ1) is 19.4. The number of phenolic OH excluding ortho intramolecular Hbond substituents is 1. The van der Waals surface area contributed by atoms with Crippen molar-refractivity contribution in [2.45, 2.75) is 23.9 Å². The Hall–Kier alpha value is -4.02. The summed E-state index contributed by atoms with van der Waals surface area (Å²) in [5.41, 5.74) is 1.52. The molecular weight excluding hydrogens is 582 g/mol. The van der Waals surface area contributed by atoms with Gasteiger partial charge in [0.15, 0.2) is 17.3 Å². The number of allylic oxidation sites excluding steroid dienone is 3. The van der Waals surface area contributed by atoms with Crippen LogP contribution < -0.4 is 10.2 Å². The van der Waals surface area contributed by atoms with Crippen molar-refractivity contribution in [2.75, 3.05) is 12.5 Å². The van der Waals surface area contributed by atoms with Crippen molar-refractivity contribution in [2.24, 2.45) is 5.92 Å². The molecule has 0 saturated carbocycles. The first kappa shape index (κ1) is 28.5. The number of phenols is 1. The summed E-state index contributed by atoms with van der Waals surface area (Å²) in [7, 11) is 1.40. The molecule has 0 bridgehead atoms. The lowest BCUT2D eigenvalue weighted by Gasteiger charge is -2.43. The number of hydrogen-bond acceptors (Lipinski definition) is 6. The number of fused-ring (bicyclic) bond motifs is 1. The van der Waals surface area contributed by atoms with Gasteiger partial charge in [-0.3, -0.25) is 15.0 Å². The molecule has 2 amide bonds. The van der Waals surface area contributed by atoms with Gasteiger partial charge in [0.25, 0.3) is 11.8 Å². The topological polar surface area (TPSA) is 91.8 Å². The van der Waals surface area contributed by atoms with Gasteiger partial charge in [0.2, 0.25) is 0 Å². The highest BCUT2D eigenvalue weighted by Crippen LogP contribution is 2.58. The number of aromatic hydroxyl groups is 1. The minimum Gasteiger partial charge on any atom is -0.504 e. The molecule has 12 heteroatoms. The molecule has 0 unspecified atom stereocenters. The summed E-state index contributed by atoms with van der Waals surface area (Å²) in [6.07, 6.45) is -0.592. The van der Waals surface area contributed by atoms with Crippen LogP contribution in [0.2, 0.25) is 10.0 Å². The fraction of sp³-hybridized carbons (Fsp3) is 0.207. The van der Waals surface area contributed by atoms with Gasteiger partial charge in [-0.05, 0) is 53.5 Å². The first-order valence-corrected chi connectivity index (χ1v) is 13.0. The van der Waals surface area contributed by atoms with Crippen LogP contribution in [0.4, 0.5) is 19.0 Å². The van der Waals surface area contributed by atoms with Gasteiger partial charge >= 0.3 is 6.18 Å². The number of rotatable bonds is 6. The van der Waals surface area contributed by atoms with Gasteiger partial charge in [-0.1, -0.05) is 60.1 Å². The van der Waals surface area contributed by atoms with Crippen LogP contribution in [0, 0.1) is 5.92 Å². The SMILES string of the molecule is C=CC1=CC[C@H]2C(=O)N(Nc3ncc(C(F)(F)F)cc3Cl)C(=O)[C@@]2(c2ccc(Cl)cc2)[C@H]1c1ccc(OC)c(O)c1. The van der Waals surface area contributed by atoms with Gasteiger partial charge < -0.3 is 9.84 Å². The number of carbonyl (C=O) groups excluding carboxylic acids is 2. The molecule has 3 atom stereocenters. The number of carbonyl (C=O) groups is 2. The van der Waals surface area contributed by atoms with Crippen molar-refractivity contribution in [3.63, 3.8) is 0 Å². The predicted octanol–water partition coefficient (Wildman–Crippen LogP) is 6.67. The lowest BCUT2D eigenvalue weighted by molar-refractivity contribution is -0.139. The van der Waals surface area contributed by atoms with Gasteiger partial charge in [-0.2, -0.15) is 18.2 Å². The molecule has 7 nitrogen and oxygen atoms in total. The summed E-state index contributed by atoms with van der Waals surface area (Å²) < 4.78 is 44.7. The van der Waals surface area contributed by atoms with E-state index in [1.54, 1.807) is 48.6 Å². The van der Waals surface area contributed by atoms with Crippen LogP contribution in [-0.2, 0) is 21.2 Å². The largest absolute Gasteiger partial charge is 0.504 e. The molecule has 1 aliphatic heterocycles. The molecule has 2 heterocycles. The van der Waals surface area contributed by atoms with Crippen molar-refractivity contribution in [1.29, 1.82) is 0 Å². The van der Waals surface area contributed by atoms with E-state index in [4.69, 9.17) is 27.9 Å². The molecule has 2 aromatic carbocycles. The average Bonchev–Trinajstić information content (AvgIpc) is 3.15. The van der Waals surface area contributed by atoms with Crippen molar-refractivity contribution < 1.29 is 32.6 Å². The number of anilines is 1. The second-order valence-electron chi connectivity index (χ2n) is 9.58. The number of imide groups is 1. The number of aromatic nitrogens is 1. The van der Waals surface area contributed by atoms with Crippen LogP contribution in [0.5, 0.6) is 11.5 Å². The predicted molar refractivity (Wildman–Crippen MR) is 147 cm³/mol. The van der Waals surface area contributed by atoms with Gasteiger partial charge in [-0.25, -0.2) is 4.98 Å². The third kappa shape index (κ3) is 4.61. The monoisotopic (exact) mass is 603 g/mol. The van der Waals surface area contributed by atoms with Crippen molar-refractivity contribution >= 4 is 40.8 Å². The Morgan fingerprint density at radius 2 is 1.88 bits per heavy atom. The number of hydrazine groups is 1. The van der Waals surface area contributed by atoms with Crippen molar-refractivity contribution in [1.82, 2.24) is 9.99 Å². The van der Waals surface area contributed by atoms with Crippen LogP contribution in [0.3, 0.4) is 0 Å². The zero-order chi connectivity index (χ0) is 29.7. The summed E-state index contributed by atoms with van der Waals surface area (Å²) in [5, 5.41) is 11.3. The summed E-state index contributed by atoms with van der Waals surface area (Å²) in [6, 6.07) is 11.8. The maximum absolute atomic E-state index is 14.6. The average molecular weight is 604 g/mol. The molecule has 3 aromatic rings. The lowest BCUT2D eigenvalue weighted by atomic mass is 9.56. The second kappa shape index (κ2) is 10.4. The maximum atomic E-state index is 14.6. The number of alkyl halides is 3. The number of nitrogens with zero attached hydrogens (tertiary/aromatic N) is 2. The minimum absolute atomic E-state index is 0.152. The molecule has 1 aliphatic carbocycles. The summed E-state index contributed by atoms with van der Waals surface area (Å²) in [4.78, 5) is 32.2. The summed E-state index contributed by atoms with van der Waals surface area (Å²) in [6.45, 7) is 3.92. The molecule has 2 N–H and O–H groups in total. The number of ether oxygens (including phenoxy) is 1. The molecule has 212 valence electrons. The molecule has 1 fully saturated rings. The Balaban J connectivity index is 1.69. The third-order valence-corrected chi connectivity index (χ3v) is 8.02. The molecular formula is C29H22Cl2F3N3O4. The Morgan fingerprint density at radius 1 is 1.17 bits per heavy atom. The zero-order valence-electron chi connectivity index (χ0n) is 21.4. The van der Waals surface area contributed by atoms with E-state index in [-0.39, 0.29) is 23.7 Å². The van der Waals surface area contributed by atoms with Crippen LogP contribution in [0.1, 0.15) is 29.0 Å². The number of nitrogens with one attached hydrogen (secondary N) is 1. The third-order valence-electron chi connectivity index (χ3n) is 7.48. The van der Waals surface area contributed by atoms with Gasteiger partial charge in [0, 0.05) is 17.1 Å². The standard InChI is InChI=1S/C29H22Cl2F3N3O4/c1-3-15-4-10-20-26(39)37(36-25-21(31)13-18(14-35-25)29(32,33)34)27(40)28(20,17-6-8-19(30)9-7-17)24(15)16-5-11-23(41-2)22(38)12-16/h3-9,11-14,20,24,38H,1,10H2,2H3,(H,35,36)/t20-,24+,28+/m0/s1. The van der Waals surface area contributed by atoms with Crippen molar-refractivity contribution in [3.05, 3.63) is 106 Å². The van der Waals surface area contributed by atoms with Gasteiger partial charge in [0.05, 0.1) is 29.0 Å². The number of benzene rings is 2. The molecule has 41 heavy (non-hydrogen) atoms. The van der Waals surface area contributed by atoms with E-state index in [1.807, 2.05) is 0 Å². The van der Waals surface area contributed by atoms with Crippen LogP contribution in [-0.4, -0.2) is 34.0 Å². The maximum Gasteiger partial charge on any atom is 0.417 e. The second-order valence-corrected chi connectivity index (χ2v) is 10.4. The van der Waals surface area contributed by atoms with E-state index in [2.05, 4.69) is 17.0 Å². The van der Waals surface area contributed by atoms with Gasteiger partial charge in [0.1, 0.15) is 0 Å². The normalized spacial score (nSPS) is 22.3. The smallest absolute Gasteiger partial charge is 0.417 e. The zero-order valence-corrected chi connectivity index (χ0v) is 22.9. The lowest BCUT2D eigenvalue weighted by Crippen LogP contribution is -2.48. The Kier molecular flexibility index (Phi) is 7.25. The molecule has 2 aliphatic rings. The van der Waals surface area contributed by atoms with E-state index >= 15 is 0 Å². The van der Waals surface area contributed by atoms with Gasteiger partial charge in [-0.15, -0.1) is 0 Å². The molecule has 0 radical (unpaired) electrons. The minimum atomic E-state index is -4.69. The molecule has 0 spiro atoms. The highest BCUT2D eigenvalue weighted by atomic mass is 35.5. The van der Waals surface area contributed by atoms with Crippen molar-refractivity contribution in [3.8, 4) is 11.5 Å². The molecule has 1 aromatic heterocycles. The number of pyridine rings is 1. The van der Waals surface area contributed by atoms with Crippen LogP contribution in [0.15, 0.2) is 79.0 Å². The number of halogens is 5. The molecule has 5 rings (SSSR count). The summed E-state index contributed by atoms with van der Waals surface area (Å²) >= 11 is 12.3. The Labute approximate surface area is 242 Å². The Morgan fingerprint density at radius 3 is 2.46 bits per heavy atom. The van der Waals surface area contributed by atoms with Crippen LogP contribution in [0.25, 0.3) is 0 Å². The quantitative estimate of drug-likeness (QED) is 0.306. The first-order valence-electron chi connectivity index (χ1n) is 12.3. The number of amides is 2. The van der Waals surface area contributed by atoms with E-state index < -0.39 is 45.8 Å². The summed E-state index contributed by atoms with van der Waals surface area (Å²) in [5.74, 6) is -3.35. The number of methoxy groups -OCH3 is 1. The van der Waals surface area contributed by atoms with E-state index in [0.29, 0.717) is 34.0 Å². The highest BCUT2D eigenvalue weighted by Gasteiger charge is 2.66. The fourth-order valence-corrected chi connectivity index (χ4v) is 6.01. The highest BCUT2D eigenvalue weighted by molar-refractivity contribution is 6.33. The van der Waals surface area contributed by atoms with Crippen LogP contribution >= 0.6 is 23.2 Å². The van der Waals surface area contributed by atoms with E-state index in [0.717, 1.165) is 5.01 Å². The molecule has 1 saturated heterocycles. The van der Waals surface area contributed by atoms with E-state index in [9.17, 15) is 27.9 Å². The fourth-order valence-electron chi connectivity index (χ4n) is 5.68. The Bertz CT molecular complexity index is 1590. The number of hydrogen-bond donors (Lipinski definition) is 2.